The maximum atomic E-state index is 10.6. The van der Waals surface area contributed by atoms with Crippen molar-refractivity contribution in [3.05, 3.63) is 0 Å². The molecule has 0 N–H and O–H groups in total. The van der Waals surface area contributed by atoms with Gasteiger partial charge < -0.3 is 0 Å². The van der Waals surface area contributed by atoms with Crippen molar-refractivity contribution in [1.82, 2.24) is 0 Å². The van der Waals surface area contributed by atoms with E-state index in [1.807, 2.05) is 0 Å². The second-order valence-electron chi connectivity index (χ2n) is 2.08. The molecule has 5 nitrogen and oxygen atoms in total. The molecule has 0 spiro atoms. The minimum Gasteiger partial charge on any atom is -0.299 e. The summed E-state index contributed by atoms with van der Waals surface area (Å²) in [6.45, 7) is 0.966. The summed E-state index contributed by atoms with van der Waals surface area (Å²) in [4.78, 5) is 51.6. The number of rotatable bonds is 5. The van der Waals surface area contributed by atoms with Gasteiger partial charge in [0.15, 0.2) is 12.6 Å². The number of hydrogen-bond acceptors (Lipinski definition) is 5. The number of Topliss-reactive ketones (excluding diaryl/α,β-unsaturated/α-hetero) is 3. The average Bonchev–Trinajstić information content (AvgIpc) is 2.03. The third kappa shape index (κ3) is 2.19. The molecular weight excluding hydrogens is 164 g/mol. The van der Waals surface area contributed by atoms with Crippen molar-refractivity contribution in [3.63, 3.8) is 0 Å². The highest BCUT2D eigenvalue weighted by atomic mass is 16.2. The van der Waals surface area contributed by atoms with Crippen LogP contribution in [0.25, 0.3) is 0 Å². The summed E-state index contributed by atoms with van der Waals surface area (Å²) in [5, 5.41) is 0. The van der Waals surface area contributed by atoms with Crippen LogP contribution in [0.3, 0.4) is 0 Å². The predicted octanol–water partition coefficient (Wildman–Crippen LogP) is -1.27. The molecule has 12 heavy (non-hydrogen) atoms. The van der Waals surface area contributed by atoms with E-state index in [1.54, 1.807) is 0 Å². The molecule has 0 rings (SSSR count). The first-order valence-corrected chi connectivity index (χ1v) is 3.03. The highest BCUT2D eigenvalue weighted by Gasteiger charge is 2.29. The summed E-state index contributed by atoms with van der Waals surface area (Å²) in [6, 6.07) is 0. The molecule has 5 heteroatoms. The van der Waals surface area contributed by atoms with Gasteiger partial charge in [0.25, 0.3) is 0 Å². The number of carbonyl (C=O) groups excluding carboxylic acids is 5. The quantitative estimate of drug-likeness (QED) is 0.291. The summed E-state index contributed by atoms with van der Waals surface area (Å²) in [5.74, 6) is -4.90. The zero-order valence-corrected chi connectivity index (χ0v) is 6.27. The molecule has 0 radical (unpaired) electrons. The maximum Gasteiger partial charge on any atom is 0.213 e. The second-order valence-corrected chi connectivity index (χ2v) is 2.08. The number of hydrogen-bond donors (Lipinski definition) is 0. The molecule has 0 aromatic heterocycles. The van der Waals surface area contributed by atoms with Crippen LogP contribution in [-0.4, -0.2) is 29.9 Å². The summed E-state index contributed by atoms with van der Waals surface area (Å²) in [5.41, 5.74) is 0. The van der Waals surface area contributed by atoms with Crippen LogP contribution in [0.1, 0.15) is 6.92 Å². The van der Waals surface area contributed by atoms with Crippen molar-refractivity contribution in [2.24, 2.45) is 5.92 Å². The van der Waals surface area contributed by atoms with Crippen LogP contribution in [0.4, 0.5) is 0 Å². The lowest BCUT2D eigenvalue weighted by molar-refractivity contribution is -0.144. The van der Waals surface area contributed by atoms with Crippen LogP contribution in [0.2, 0.25) is 0 Å². The van der Waals surface area contributed by atoms with E-state index >= 15 is 0 Å². The molecule has 0 saturated heterocycles. The Kier molecular flexibility index (Phi) is 3.69. The van der Waals surface area contributed by atoms with Gasteiger partial charge in [0.2, 0.25) is 11.6 Å². The highest BCUT2D eigenvalue weighted by molar-refractivity contribution is 6.46. The van der Waals surface area contributed by atoms with Crippen molar-refractivity contribution < 1.29 is 24.0 Å². The van der Waals surface area contributed by atoms with Crippen molar-refractivity contribution in [1.29, 1.82) is 0 Å². The maximum absolute atomic E-state index is 10.6. The Balaban J connectivity index is 4.78. The molecule has 0 bridgehead atoms. The first-order chi connectivity index (χ1) is 5.54. The lowest BCUT2D eigenvalue weighted by atomic mass is 9.96. The molecular formula is C7H6O5. The van der Waals surface area contributed by atoms with Crippen molar-refractivity contribution in [2.45, 2.75) is 6.92 Å². The van der Waals surface area contributed by atoms with Gasteiger partial charge in [0.05, 0.1) is 0 Å². The Morgan fingerprint density at radius 3 is 1.50 bits per heavy atom. The summed E-state index contributed by atoms with van der Waals surface area (Å²) in [7, 11) is 0. The standard InChI is InChI=1S/C7H6O5/c1-4(10)7(5(11)2-8)6(12)3-9/h2-3,7H,1H3. The van der Waals surface area contributed by atoms with Crippen LogP contribution in [0, 0.1) is 5.92 Å². The fourth-order valence-corrected chi connectivity index (χ4v) is 0.677. The van der Waals surface area contributed by atoms with Gasteiger partial charge in [-0.1, -0.05) is 0 Å². The molecule has 0 aliphatic heterocycles. The highest BCUT2D eigenvalue weighted by Crippen LogP contribution is 1.99. The third-order valence-corrected chi connectivity index (χ3v) is 1.21. The van der Waals surface area contributed by atoms with Gasteiger partial charge in [-0.25, -0.2) is 0 Å². The second kappa shape index (κ2) is 4.27. The monoisotopic (exact) mass is 170 g/mol. The van der Waals surface area contributed by atoms with E-state index < -0.39 is 23.3 Å². The zero-order valence-electron chi connectivity index (χ0n) is 6.27. The first kappa shape index (κ1) is 10.3. The molecule has 0 aromatic rings. The Morgan fingerprint density at radius 2 is 1.33 bits per heavy atom. The van der Waals surface area contributed by atoms with Crippen LogP contribution < -0.4 is 0 Å². The Hall–Kier alpha value is -1.65. The molecule has 0 heterocycles. The minimum atomic E-state index is -1.74. The van der Waals surface area contributed by atoms with Gasteiger partial charge in [-0.3, -0.25) is 24.0 Å². The van der Waals surface area contributed by atoms with Crippen molar-refractivity contribution in [2.75, 3.05) is 0 Å². The van der Waals surface area contributed by atoms with E-state index in [0.717, 1.165) is 6.92 Å². The molecule has 0 fully saturated rings. The molecule has 0 aliphatic rings. The topological polar surface area (TPSA) is 85.3 Å². The molecule has 0 unspecified atom stereocenters. The normalized spacial score (nSPS) is 9.17. The first-order valence-electron chi connectivity index (χ1n) is 3.03. The molecule has 0 aliphatic carbocycles. The molecule has 0 amide bonds. The van der Waals surface area contributed by atoms with Gasteiger partial charge in [-0.05, 0) is 6.92 Å². The van der Waals surface area contributed by atoms with E-state index in [9.17, 15) is 24.0 Å². The van der Waals surface area contributed by atoms with E-state index in [1.165, 1.54) is 0 Å². The van der Waals surface area contributed by atoms with Gasteiger partial charge in [0.1, 0.15) is 11.7 Å². The fraction of sp³-hybridized carbons (Fsp3) is 0.286. The van der Waals surface area contributed by atoms with E-state index in [0.29, 0.717) is 0 Å². The zero-order chi connectivity index (χ0) is 9.72. The summed E-state index contributed by atoms with van der Waals surface area (Å²) >= 11 is 0. The Labute approximate surface area is 67.7 Å². The van der Waals surface area contributed by atoms with Crippen molar-refractivity contribution >= 4 is 29.9 Å². The van der Waals surface area contributed by atoms with Crippen LogP contribution >= 0.6 is 0 Å². The third-order valence-electron chi connectivity index (χ3n) is 1.21. The van der Waals surface area contributed by atoms with Gasteiger partial charge >= 0.3 is 0 Å². The van der Waals surface area contributed by atoms with Gasteiger partial charge in [-0.2, -0.15) is 0 Å². The molecule has 0 saturated carbocycles. The van der Waals surface area contributed by atoms with Crippen molar-refractivity contribution in [3.8, 4) is 0 Å². The fourth-order valence-electron chi connectivity index (χ4n) is 0.677. The van der Waals surface area contributed by atoms with Crippen LogP contribution in [0.15, 0.2) is 0 Å². The predicted molar refractivity (Wildman–Crippen MR) is 36.3 cm³/mol. The molecule has 0 aromatic carbocycles. The van der Waals surface area contributed by atoms with Crippen LogP contribution in [0.5, 0.6) is 0 Å². The van der Waals surface area contributed by atoms with Gasteiger partial charge in [0, 0.05) is 0 Å². The number of carbonyl (C=O) groups is 5. The smallest absolute Gasteiger partial charge is 0.213 e. The Morgan fingerprint density at radius 1 is 1.00 bits per heavy atom. The Bertz CT molecular complexity index is 233. The lowest BCUT2D eigenvalue weighted by Gasteiger charge is -2.01. The molecule has 0 atom stereocenters. The minimum absolute atomic E-state index is 0.145. The summed E-state index contributed by atoms with van der Waals surface area (Å²) in [6.07, 6.45) is -0.291. The largest absolute Gasteiger partial charge is 0.299 e. The number of ketones is 3. The average molecular weight is 170 g/mol. The lowest BCUT2D eigenvalue weighted by Crippen LogP contribution is -2.31. The SMILES string of the molecule is CC(=O)C(C(=O)C=O)C(=O)C=O. The molecule has 64 valence electrons. The number of aldehydes is 2. The van der Waals surface area contributed by atoms with E-state index in [4.69, 9.17) is 0 Å². The summed E-state index contributed by atoms with van der Waals surface area (Å²) < 4.78 is 0. The van der Waals surface area contributed by atoms with Crippen LogP contribution in [-0.2, 0) is 24.0 Å². The van der Waals surface area contributed by atoms with E-state index in [2.05, 4.69) is 0 Å². The van der Waals surface area contributed by atoms with Gasteiger partial charge in [-0.15, -0.1) is 0 Å². The van der Waals surface area contributed by atoms with E-state index in [-0.39, 0.29) is 12.6 Å².